The molecule has 8 nitrogen and oxygen atoms in total. The van der Waals surface area contributed by atoms with Gasteiger partial charge in [-0.2, -0.15) is 0 Å². The summed E-state index contributed by atoms with van der Waals surface area (Å²) in [5.74, 6) is -0.165. The second-order valence-corrected chi connectivity index (χ2v) is 15.3. The van der Waals surface area contributed by atoms with Gasteiger partial charge in [-0.05, 0) is 33.2 Å². The number of thioether (sulfide) groups is 1. The molecule has 1 aliphatic heterocycles. The SMILES string of the molecule is CC([Si]N1C(=O)[C@@H](NC(=O)OCc2cccc([N+](=O)[O-])c2)[C@H]1SC(c1ccccc1)(c1ccccc1)c1ccccc1)C(C)(C)C. The maximum Gasteiger partial charge on any atom is 0.408 e. The molecule has 0 spiro atoms. The topological polar surface area (TPSA) is 102 Å². The van der Waals surface area contributed by atoms with Gasteiger partial charge in [-0.1, -0.05) is 131 Å². The van der Waals surface area contributed by atoms with Gasteiger partial charge in [0.25, 0.3) is 5.69 Å². The van der Waals surface area contributed by atoms with Crippen molar-refractivity contribution in [3.8, 4) is 0 Å². The van der Waals surface area contributed by atoms with E-state index in [4.69, 9.17) is 4.74 Å². The van der Waals surface area contributed by atoms with Gasteiger partial charge in [0.05, 0.1) is 9.67 Å². The number of nitro groups is 1. The van der Waals surface area contributed by atoms with Crippen LogP contribution in [0.5, 0.6) is 0 Å². The van der Waals surface area contributed by atoms with Gasteiger partial charge in [-0.3, -0.25) is 14.9 Å². The summed E-state index contributed by atoms with van der Waals surface area (Å²) in [6, 6.07) is 35.8. The van der Waals surface area contributed by atoms with Gasteiger partial charge in [0.2, 0.25) is 5.91 Å². The number of nitro benzene ring substituents is 1. The molecular formula is C36H37N3O5SSi. The van der Waals surface area contributed by atoms with E-state index in [1.54, 1.807) is 23.9 Å². The van der Waals surface area contributed by atoms with Crippen LogP contribution in [0.2, 0.25) is 5.54 Å². The second-order valence-electron chi connectivity index (χ2n) is 12.3. The number of amides is 2. The van der Waals surface area contributed by atoms with E-state index in [0.717, 1.165) is 16.7 Å². The highest BCUT2D eigenvalue weighted by atomic mass is 32.2. The molecule has 236 valence electrons. The summed E-state index contributed by atoms with van der Waals surface area (Å²) in [4.78, 5) is 37.7. The van der Waals surface area contributed by atoms with Crippen LogP contribution in [0.25, 0.3) is 0 Å². The summed E-state index contributed by atoms with van der Waals surface area (Å²) in [5.41, 5.74) is 3.73. The number of alkyl carbamates (subject to hydrolysis) is 1. The Morgan fingerprint density at radius 2 is 1.43 bits per heavy atom. The lowest BCUT2D eigenvalue weighted by molar-refractivity contribution is -0.384. The lowest BCUT2D eigenvalue weighted by Crippen LogP contribution is -2.71. The summed E-state index contributed by atoms with van der Waals surface area (Å²) >= 11 is 1.64. The minimum atomic E-state index is -0.835. The first-order valence-electron chi connectivity index (χ1n) is 15.1. The normalized spacial score (nSPS) is 17.1. The van der Waals surface area contributed by atoms with Crippen molar-refractivity contribution in [2.24, 2.45) is 5.41 Å². The molecule has 46 heavy (non-hydrogen) atoms. The number of ether oxygens (including phenoxy) is 1. The van der Waals surface area contributed by atoms with Gasteiger partial charge < -0.3 is 14.6 Å². The molecule has 3 atom stereocenters. The summed E-state index contributed by atoms with van der Waals surface area (Å²) < 4.78 is 6.66. The van der Waals surface area contributed by atoms with E-state index in [-0.39, 0.29) is 38.8 Å². The maximum absolute atomic E-state index is 13.8. The van der Waals surface area contributed by atoms with Crippen LogP contribution in [0, 0.1) is 15.5 Å². The molecular weight excluding hydrogens is 615 g/mol. The van der Waals surface area contributed by atoms with Crippen molar-refractivity contribution in [1.29, 1.82) is 0 Å². The van der Waals surface area contributed by atoms with Crippen molar-refractivity contribution in [1.82, 2.24) is 9.88 Å². The van der Waals surface area contributed by atoms with E-state index in [2.05, 4.69) is 69.4 Å². The van der Waals surface area contributed by atoms with Crippen LogP contribution in [-0.2, 0) is 20.9 Å². The summed E-state index contributed by atoms with van der Waals surface area (Å²) in [7, 11) is 0.202. The predicted molar refractivity (Wildman–Crippen MR) is 182 cm³/mol. The Labute approximate surface area is 276 Å². The maximum atomic E-state index is 13.8. The van der Waals surface area contributed by atoms with Crippen LogP contribution in [0.1, 0.15) is 49.9 Å². The number of rotatable bonds is 11. The number of hydrogen-bond donors (Lipinski definition) is 1. The summed E-state index contributed by atoms with van der Waals surface area (Å²) in [6.07, 6.45) is -0.757. The number of nitrogens with one attached hydrogen (secondary N) is 1. The molecule has 4 aromatic carbocycles. The van der Waals surface area contributed by atoms with Gasteiger partial charge in [-0.25, -0.2) is 4.79 Å². The third kappa shape index (κ3) is 7.03. The third-order valence-electron chi connectivity index (χ3n) is 8.28. The molecule has 2 radical (unpaired) electrons. The number of nitrogens with zero attached hydrogens (tertiary/aromatic N) is 2. The first-order valence-corrected chi connectivity index (χ1v) is 17.0. The van der Waals surface area contributed by atoms with Crippen LogP contribution in [-0.4, -0.2) is 42.6 Å². The lowest BCUT2D eigenvalue weighted by Gasteiger charge is -2.52. The molecule has 0 saturated carbocycles. The zero-order valence-electron chi connectivity index (χ0n) is 26.3. The fraction of sp³-hybridized carbons (Fsp3) is 0.278. The van der Waals surface area contributed by atoms with Crippen LogP contribution in [0.15, 0.2) is 115 Å². The third-order valence-corrected chi connectivity index (χ3v) is 12.3. The molecule has 4 aromatic rings. The van der Waals surface area contributed by atoms with Crippen LogP contribution in [0.3, 0.4) is 0 Å². The van der Waals surface area contributed by atoms with E-state index in [0.29, 0.717) is 5.56 Å². The van der Waals surface area contributed by atoms with Crippen LogP contribution >= 0.6 is 11.8 Å². The molecule has 5 rings (SSSR count). The quantitative estimate of drug-likeness (QED) is 0.0591. The molecule has 1 saturated heterocycles. The predicted octanol–water partition coefficient (Wildman–Crippen LogP) is 7.56. The molecule has 10 heteroatoms. The van der Waals surface area contributed by atoms with Crippen molar-refractivity contribution in [2.45, 2.75) is 56.0 Å². The molecule has 1 heterocycles. The van der Waals surface area contributed by atoms with Gasteiger partial charge >= 0.3 is 6.09 Å². The van der Waals surface area contributed by atoms with Crippen LogP contribution < -0.4 is 5.32 Å². The zero-order chi connectivity index (χ0) is 32.9. The first-order chi connectivity index (χ1) is 22.0. The number of β-lactam (4-membered cyclic amide) rings is 1. The molecule has 2 amide bonds. The first kappa shape index (κ1) is 33.0. The van der Waals surface area contributed by atoms with Crippen molar-refractivity contribution in [3.63, 3.8) is 0 Å². The average molecular weight is 652 g/mol. The van der Waals surface area contributed by atoms with Gasteiger partial charge in [0.15, 0.2) is 9.68 Å². The molecule has 0 bridgehead atoms. The molecule has 1 fully saturated rings. The van der Waals surface area contributed by atoms with Crippen molar-refractivity contribution >= 4 is 39.1 Å². The standard InChI is InChI=1S/C36H37N3O5SSi/c1-25(35(2,3)4)46-38-32(40)31(37-34(41)44-24-26-15-14-22-30(23-26)39(42)43)33(38)45-36(27-16-8-5-9-17-27,28-18-10-6-11-19-28)29-20-12-7-13-21-29/h5-23,25,31,33H,24H2,1-4H3,(H,37,41)/t25?,31-,33-/m1/s1. The highest BCUT2D eigenvalue weighted by Gasteiger charge is 2.54. The molecule has 1 N–H and O–H groups in total. The second kappa shape index (κ2) is 13.9. The number of carbonyl (C=O) groups excluding carboxylic acids is 2. The average Bonchev–Trinajstić information content (AvgIpc) is 3.07. The van der Waals surface area contributed by atoms with E-state index >= 15 is 0 Å². The van der Waals surface area contributed by atoms with Gasteiger partial charge in [-0.15, -0.1) is 11.8 Å². The monoisotopic (exact) mass is 651 g/mol. The minimum Gasteiger partial charge on any atom is -0.445 e. The summed E-state index contributed by atoms with van der Waals surface area (Å²) in [5, 5.41) is 13.6. The van der Waals surface area contributed by atoms with E-state index in [9.17, 15) is 19.7 Å². The molecule has 1 aliphatic rings. The van der Waals surface area contributed by atoms with Gasteiger partial charge in [0.1, 0.15) is 18.0 Å². The number of carbonyl (C=O) groups is 2. The number of non-ortho nitro benzene ring substituents is 1. The smallest absolute Gasteiger partial charge is 0.408 e. The summed E-state index contributed by atoms with van der Waals surface area (Å²) in [6.45, 7) is 8.49. The Kier molecular flexibility index (Phi) is 9.98. The number of hydrogen-bond acceptors (Lipinski definition) is 6. The Morgan fingerprint density at radius 1 is 0.913 bits per heavy atom. The zero-order valence-corrected chi connectivity index (χ0v) is 28.1. The lowest BCUT2D eigenvalue weighted by atomic mass is 9.84. The van der Waals surface area contributed by atoms with Crippen LogP contribution in [0.4, 0.5) is 10.5 Å². The minimum absolute atomic E-state index is 0.0287. The van der Waals surface area contributed by atoms with Crippen molar-refractivity contribution in [2.75, 3.05) is 0 Å². The van der Waals surface area contributed by atoms with Crippen molar-refractivity contribution < 1.29 is 19.2 Å². The molecule has 1 unspecified atom stereocenters. The Hall–Kier alpha value is -4.41. The fourth-order valence-electron chi connectivity index (χ4n) is 5.24. The fourth-order valence-corrected chi connectivity index (χ4v) is 8.65. The van der Waals surface area contributed by atoms with E-state index in [1.807, 2.05) is 59.2 Å². The highest BCUT2D eigenvalue weighted by molar-refractivity contribution is 8.01. The number of benzene rings is 4. The van der Waals surface area contributed by atoms with E-state index in [1.165, 1.54) is 12.1 Å². The Bertz CT molecular complexity index is 1570. The molecule has 0 aliphatic carbocycles. The Morgan fingerprint density at radius 3 is 1.91 bits per heavy atom. The van der Waals surface area contributed by atoms with Crippen molar-refractivity contribution in [3.05, 3.63) is 148 Å². The largest absolute Gasteiger partial charge is 0.445 e. The van der Waals surface area contributed by atoms with Gasteiger partial charge in [0, 0.05) is 12.1 Å². The molecule has 0 aromatic heterocycles. The van der Waals surface area contributed by atoms with E-state index < -0.39 is 27.2 Å². The highest BCUT2D eigenvalue weighted by Crippen LogP contribution is 2.53. The Balaban J connectivity index is 1.50.